The lowest BCUT2D eigenvalue weighted by molar-refractivity contribution is -0.247. The van der Waals surface area contributed by atoms with Crippen molar-refractivity contribution in [3.05, 3.63) is 11.6 Å². The second-order valence-electron chi connectivity index (χ2n) is 9.71. The van der Waals surface area contributed by atoms with Gasteiger partial charge in [-0.25, -0.2) is 0 Å². The van der Waals surface area contributed by atoms with Crippen LogP contribution in [0.25, 0.3) is 0 Å². The van der Waals surface area contributed by atoms with Crippen molar-refractivity contribution in [1.82, 2.24) is 0 Å². The third-order valence-electron chi connectivity index (χ3n) is 8.99. The van der Waals surface area contributed by atoms with Crippen LogP contribution in [0, 0.1) is 34.5 Å². The van der Waals surface area contributed by atoms with Crippen molar-refractivity contribution in [3.8, 4) is 0 Å². The number of allylic oxidation sites excluding steroid dienone is 2. The minimum Gasteiger partial charge on any atom is -0.390 e. The SMILES string of the molecule is C/C=C1/CCC2C3C(CC[C@]12C)C1(C)CC[C@@H](O)[C@H](O)[C@@H]1[C@@H](O)[C@@H]3O. The molecule has 25 heavy (non-hydrogen) atoms. The van der Waals surface area contributed by atoms with Crippen molar-refractivity contribution in [2.75, 3.05) is 0 Å². The molecule has 4 aliphatic rings. The number of hydrogen-bond donors (Lipinski definition) is 4. The Kier molecular flexibility index (Phi) is 4.16. The van der Waals surface area contributed by atoms with Crippen LogP contribution in [0.1, 0.15) is 59.3 Å². The van der Waals surface area contributed by atoms with Crippen molar-refractivity contribution in [3.63, 3.8) is 0 Å². The molecule has 4 heteroatoms. The normalized spacial score (nSPS) is 60.0. The summed E-state index contributed by atoms with van der Waals surface area (Å²) in [6, 6.07) is 0. The molecule has 0 aliphatic heterocycles. The minimum absolute atomic E-state index is 0.0925. The second kappa shape index (κ2) is 5.79. The van der Waals surface area contributed by atoms with Crippen LogP contribution >= 0.6 is 0 Å². The van der Waals surface area contributed by atoms with Gasteiger partial charge in [-0.05, 0) is 74.0 Å². The van der Waals surface area contributed by atoms with Crippen molar-refractivity contribution in [2.24, 2.45) is 34.5 Å². The molecule has 142 valence electrons. The molecule has 0 aromatic heterocycles. The maximum absolute atomic E-state index is 11.1. The van der Waals surface area contributed by atoms with Gasteiger partial charge in [0.2, 0.25) is 0 Å². The van der Waals surface area contributed by atoms with Crippen LogP contribution in [0.5, 0.6) is 0 Å². The second-order valence-corrected chi connectivity index (χ2v) is 9.71. The van der Waals surface area contributed by atoms with Crippen LogP contribution in [0.4, 0.5) is 0 Å². The first-order valence-corrected chi connectivity index (χ1v) is 10.1. The summed E-state index contributed by atoms with van der Waals surface area (Å²) in [6.07, 6.45) is 4.55. The fourth-order valence-electron chi connectivity index (χ4n) is 7.65. The van der Waals surface area contributed by atoms with Crippen molar-refractivity contribution in [2.45, 2.75) is 83.7 Å². The van der Waals surface area contributed by atoms with Gasteiger partial charge >= 0.3 is 0 Å². The maximum atomic E-state index is 11.1. The topological polar surface area (TPSA) is 80.9 Å². The Morgan fingerprint density at radius 2 is 1.60 bits per heavy atom. The number of hydrogen-bond acceptors (Lipinski definition) is 4. The monoisotopic (exact) mass is 350 g/mol. The summed E-state index contributed by atoms with van der Waals surface area (Å²) >= 11 is 0. The minimum atomic E-state index is -0.951. The Morgan fingerprint density at radius 1 is 0.880 bits per heavy atom. The molecule has 4 N–H and O–H groups in total. The zero-order valence-corrected chi connectivity index (χ0v) is 15.7. The van der Waals surface area contributed by atoms with Crippen molar-refractivity contribution < 1.29 is 20.4 Å². The van der Waals surface area contributed by atoms with E-state index in [0.717, 1.165) is 32.1 Å². The third-order valence-corrected chi connectivity index (χ3v) is 8.99. The fraction of sp³-hybridized carbons (Fsp3) is 0.905. The molecule has 4 saturated carbocycles. The molecule has 4 fully saturated rings. The molecule has 0 heterocycles. The summed E-state index contributed by atoms with van der Waals surface area (Å²) in [5.41, 5.74) is 1.46. The molecule has 4 aliphatic carbocycles. The van der Waals surface area contributed by atoms with Crippen LogP contribution in [0.2, 0.25) is 0 Å². The molecule has 0 saturated heterocycles. The fourth-order valence-corrected chi connectivity index (χ4v) is 7.65. The standard InChI is InChI=1S/C21H34O4/c1-4-11-5-6-12-15-13(7-9-20(11,12)2)21(3)10-8-14(22)17(23)16(21)19(25)18(15)24/h4,12-19,22-25H,5-10H2,1-3H3/b11-4-/t12?,13?,14-,15?,16-,17+,18-,19-,20-,21?/m1/s1. The zero-order valence-electron chi connectivity index (χ0n) is 15.7. The molecule has 4 rings (SSSR count). The van der Waals surface area contributed by atoms with E-state index in [9.17, 15) is 20.4 Å². The average Bonchev–Trinajstić information content (AvgIpc) is 2.92. The van der Waals surface area contributed by atoms with Crippen LogP contribution in [0.3, 0.4) is 0 Å². The highest BCUT2D eigenvalue weighted by Crippen LogP contribution is 2.67. The van der Waals surface area contributed by atoms with Crippen LogP contribution in [0.15, 0.2) is 11.6 Å². The van der Waals surface area contributed by atoms with Gasteiger partial charge in [0.1, 0.15) is 0 Å². The summed E-state index contributed by atoms with van der Waals surface area (Å²) < 4.78 is 0. The molecular formula is C21H34O4. The number of fused-ring (bicyclic) bond motifs is 5. The summed E-state index contributed by atoms with van der Waals surface area (Å²) in [7, 11) is 0. The average molecular weight is 350 g/mol. The van der Waals surface area contributed by atoms with Gasteiger partial charge in [-0.3, -0.25) is 0 Å². The van der Waals surface area contributed by atoms with Gasteiger partial charge in [0.15, 0.2) is 0 Å². The van der Waals surface area contributed by atoms with E-state index in [1.54, 1.807) is 0 Å². The zero-order chi connectivity index (χ0) is 18.1. The van der Waals surface area contributed by atoms with Gasteiger partial charge in [-0.2, -0.15) is 0 Å². The smallest absolute Gasteiger partial charge is 0.0861 e. The highest BCUT2D eigenvalue weighted by molar-refractivity contribution is 5.25. The largest absolute Gasteiger partial charge is 0.390 e. The first kappa shape index (κ1) is 18.0. The first-order chi connectivity index (χ1) is 11.8. The van der Waals surface area contributed by atoms with E-state index in [-0.39, 0.29) is 16.7 Å². The highest BCUT2D eigenvalue weighted by Gasteiger charge is 2.65. The number of aliphatic hydroxyl groups is 4. The summed E-state index contributed by atoms with van der Waals surface area (Å²) in [5.74, 6) is 0.380. The van der Waals surface area contributed by atoms with E-state index in [4.69, 9.17) is 0 Å². The van der Waals surface area contributed by atoms with Crippen LogP contribution in [-0.2, 0) is 0 Å². The van der Waals surface area contributed by atoms with Crippen LogP contribution in [-0.4, -0.2) is 44.8 Å². The van der Waals surface area contributed by atoms with Gasteiger partial charge < -0.3 is 20.4 Å². The molecule has 0 aromatic carbocycles. The molecule has 4 unspecified atom stereocenters. The van der Waals surface area contributed by atoms with Gasteiger partial charge in [0.05, 0.1) is 24.4 Å². The van der Waals surface area contributed by atoms with Gasteiger partial charge in [0, 0.05) is 5.92 Å². The molecule has 0 spiro atoms. The summed E-state index contributed by atoms with van der Waals surface area (Å²) in [5, 5.41) is 42.8. The van der Waals surface area contributed by atoms with E-state index in [1.165, 1.54) is 5.57 Å². The Labute approximate surface area is 151 Å². The molecule has 0 aromatic rings. The van der Waals surface area contributed by atoms with Crippen molar-refractivity contribution in [1.29, 1.82) is 0 Å². The molecule has 4 nitrogen and oxygen atoms in total. The Bertz CT molecular complexity index is 574. The molecule has 0 amide bonds. The lowest BCUT2D eigenvalue weighted by Crippen LogP contribution is -2.67. The van der Waals surface area contributed by atoms with Gasteiger partial charge in [-0.15, -0.1) is 0 Å². The maximum Gasteiger partial charge on any atom is 0.0861 e. The highest BCUT2D eigenvalue weighted by atomic mass is 16.3. The Morgan fingerprint density at radius 3 is 2.28 bits per heavy atom. The van der Waals surface area contributed by atoms with Crippen molar-refractivity contribution >= 4 is 0 Å². The number of aliphatic hydroxyl groups excluding tert-OH is 4. The van der Waals surface area contributed by atoms with E-state index < -0.39 is 30.3 Å². The summed E-state index contributed by atoms with van der Waals surface area (Å²) in [6.45, 7) is 6.66. The predicted molar refractivity (Wildman–Crippen MR) is 95.7 cm³/mol. The van der Waals surface area contributed by atoms with E-state index in [1.807, 2.05) is 0 Å². The van der Waals surface area contributed by atoms with Crippen LogP contribution < -0.4 is 0 Å². The number of rotatable bonds is 0. The molecular weight excluding hydrogens is 316 g/mol. The molecule has 0 bridgehead atoms. The van der Waals surface area contributed by atoms with E-state index in [2.05, 4.69) is 26.8 Å². The van der Waals surface area contributed by atoms with E-state index in [0.29, 0.717) is 18.3 Å². The lowest BCUT2D eigenvalue weighted by Gasteiger charge is -2.64. The third kappa shape index (κ3) is 2.20. The molecule has 0 radical (unpaired) electrons. The lowest BCUT2D eigenvalue weighted by atomic mass is 9.43. The van der Waals surface area contributed by atoms with Gasteiger partial charge in [0.25, 0.3) is 0 Å². The predicted octanol–water partition coefficient (Wildman–Crippen LogP) is 2.25. The molecule has 10 atom stereocenters. The van der Waals surface area contributed by atoms with Gasteiger partial charge in [-0.1, -0.05) is 25.5 Å². The van der Waals surface area contributed by atoms with E-state index >= 15 is 0 Å². The first-order valence-electron chi connectivity index (χ1n) is 10.1. The Hall–Kier alpha value is -0.420. The summed E-state index contributed by atoms with van der Waals surface area (Å²) in [4.78, 5) is 0. The quantitative estimate of drug-likeness (QED) is 0.505. The Balaban J connectivity index is 1.74.